The monoisotopic (exact) mass is 307 g/mol. The number of alkyl halides is 1. The highest BCUT2D eigenvalue weighted by atomic mass is 35.5. The van der Waals surface area contributed by atoms with Gasteiger partial charge in [-0.25, -0.2) is 4.79 Å². The number of methoxy groups -OCH3 is 1. The number of halogens is 1. The molecular formula is C14H14ClN3O3. The van der Waals surface area contributed by atoms with Gasteiger partial charge < -0.3 is 15.4 Å². The molecule has 0 bridgehead atoms. The summed E-state index contributed by atoms with van der Waals surface area (Å²) in [4.78, 5) is 22.8. The van der Waals surface area contributed by atoms with Gasteiger partial charge in [0.1, 0.15) is 11.6 Å². The van der Waals surface area contributed by atoms with Crippen LogP contribution in [0.25, 0.3) is 0 Å². The van der Waals surface area contributed by atoms with Gasteiger partial charge in [-0.05, 0) is 24.3 Å². The van der Waals surface area contributed by atoms with E-state index in [1.807, 2.05) is 0 Å². The average Bonchev–Trinajstić information content (AvgIpc) is 2.53. The van der Waals surface area contributed by atoms with E-state index in [1.165, 1.54) is 13.3 Å². The Morgan fingerprint density at radius 1 is 1.38 bits per heavy atom. The summed E-state index contributed by atoms with van der Waals surface area (Å²) in [5, 5.41) is 14.2. The number of hydrogen-bond donors (Lipinski definition) is 2. The van der Waals surface area contributed by atoms with E-state index < -0.39 is 11.9 Å². The van der Waals surface area contributed by atoms with Crippen LogP contribution in [0.3, 0.4) is 0 Å². The van der Waals surface area contributed by atoms with E-state index in [-0.39, 0.29) is 18.0 Å². The fourth-order valence-corrected chi connectivity index (χ4v) is 1.47. The molecule has 0 fully saturated rings. The van der Waals surface area contributed by atoms with Crippen molar-refractivity contribution in [3.8, 4) is 6.07 Å². The van der Waals surface area contributed by atoms with Crippen LogP contribution in [0.15, 0.2) is 36.0 Å². The molecule has 6 nitrogen and oxygen atoms in total. The molecule has 110 valence electrons. The summed E-state index contributed by atoms with van der Waals surface area (Å²) in [6, 6.07) is 8.20. The van der Waals surface area contributed by atoms with Gasteiger partial charge in [0.05, 0.1) is 12.7 Å². The van der Waals surface area contributed by atoms with Gasteiger partial charge in [-0.2, -0.15) is 5.26 Å². The lowest BCUT2D eigenvalue weighted by molar-refractivity contribution is -0.117. The summed E-state index contributed by atoms with van der Waals surface area (Å²) in [5.41, 5.74) is 0.963. The molecule has 0 aliphatic heterocycles. The average molecular weight is 308 g/mol. The number of nitrogens with one attached hydrogen (secondary N) is 2. The summed E-state index contributed by atoms with van der Waals surface area (Å²) >= 11 is 5.45. The van der Waals surface area contributed by atoms with Gasteiger partial charge >= 0.3 is 5.97 Å². The van der Waals surface area contributed by atoms with Crippen molar-refractivity contribution in [2.75, 3.05) is 24.9 Å². The lowest BCUT2D eigenvalue weighted by atomic mass is 10.2. The van der Waals surface area contributed by atoms with E-state index in [4.69, 9.17) is 16.9 Å². The first kappa shape index (κ1) is 16.5. The van der Waals surface area contributed by atoms with Gasteiger partial charge in [0.2, 0.25) is 0 Å². The maximum Gasteiger partial charge on any atom is 0.337 e. The molecule has 0 unspecified atom stereocenters. The largest absolute Gasteiger partial charge is 0.465 e. The number of rotatable bonds is 6. The maximum atomic E-state index is 11.6. The zero-order valence-electron chi connectivity index (χ0n) is 11.4. The van der Waals surface area contributed by atoms with Crippen molar-refractivity contribution < 1.29 is 14.3 Å². The van der Waals surface area contributed by atoms with Crippen LogP contribution in [0, 0.1) is 11.3 Å². The number of anilines is 1. The minimum Gasteiger partial charge on any atom is -0.465 e. The third kappa shape index (κ3) is 5.16. The SMILES string of the molecule is COC(=O)c1ccc(N/C=C(/C#N)C(=O)NCCCl)cc1. The summed E-state index contributed by atoms with van der Waals surface area (Å²) in [6.07, 6.45) is 1.29. The third-order valence-corrected chi connectivity index (χ3v) is 2.62. The Balaban J connectivity index is 2.71. The van der Waals surface area contributed by atoms with Crippen LogP contribution in [0.4, 0.5) is 5.69 Å². The van der Waals surface area contributed by atoms with E-state index in [2.05, 4.69) is 15.4 Å². The van der Waals surface area contributed by atoms with Crippen LogP contribution >= 0.6 is 11.6 Å². The lowest BCUT2D eigenvalue weighted by Crippen LogP contribution is -2.26. The van der Waals surface area contributed by atoms with Crippen LogP contribution in [0.1, 0.15) is 10.4 Å². The smallest absolute Gasteiger partial charge is 0.337 e. The highest BCUT2D eigenvalue weighted by Gasteiger charge is 2.08. The van der Waals surface area contributed by atoms with Gasteiger partial charge in [-0.15, -0.1) is 11.6 Å². The Bertz CT molecular complexity index is 576. The quantitative estimate of drug-likeness (QED) is 0.361. The summed E-state index contributed by atoms with van der Waals surface area (Å²) in [6.45, 7) is 0.285. The first-order valence-electron chi connectivity index (χ1n) is 6.01. The summed E-state index contributed by atoms with van der Waals surface area (Å²) < 4.78 is 4.58. The van der Waals surface area contributed by atoms with Crippen LogP contribution in [-0.2, 0) is 9.53 Å². The Kier molecular flexibility index (Phi) is 6.78. The van der Waals surface area contributed by atoms with E-state index >= 15 is 0 Å². The van der Waals surface area contributed by atoms with Crippen LogP contribution in [0.5, 0.6) is 0 Å². The molecule has 0 atom stereocenters. The maximum absolute atomic E-state index is 11.6. The number of benzene rings is 1. The normalized spacial score (nSPS) is 10.4. The highest BCUT2D eigenvalue weighted by Crippen LogP contribution is 2.11. The Hall–Kier alpha value is -2.52. The third-order valence-electron chi connectivity index (χ3n) is 2.43. The summed E-state index contributed by atoms with van der Waals surface area (Å²) in [5.74, 6) is -0.667. The van der Waals surface area contributed by atoms with Crippen molar-refractivity contribution in [2.24, 2.45) is 0 Å². The minimum atomic E-state index is -0.503. The molecule has 2 N–H and O–H groups in total. The number of carbonyl (C=O) groups is 2. The number of ether oxygens (including phenoxy) is 1. The first-order valence-corrected chi connectivity index (χ1v) is 6.55. The zero-order valence-corrected chi connectivity index (χ0v) is 12.1. The lowest BCUT2D eigenvalue weighted by Gasteiger charge is -2.04. The highest BCUT2D eigenvalue weighted by molar-refractivity contribution is 6.18. The Labute approximate surface area is 127 Å². The predicted octanol–water partition coefficient (Wildman–Crippen LogP) is 1.65. The fraction of sp³-hybridized carbons (Fsp3) is 0.214. The van der Waals surface area contributed by atoms with Crippen molar-refractivity contribution in [1.29, 1.82) is 5.26 Å². The number of nitrogens with zero attached hydrogens (tertiary/aromatic N) is 1. The molecule has 0 heterocycles. The van der Waals surface area contributed by atoms with E-state index in [0.29, 0.717) is 11.3 Å². The predicted molar refractivity (Wildman–Crippen MR) is 78.8 cm³/mol. The van der Waals surface area contributed by atoms with Crippen LogP contribution < -0.4 is 10.6 Å². The molecule has 1 rings (SSSR count). The number of carbonyl (C=O) groups excluding carboxylic acids is 2. The second-order valence-electron chi connectivity index (χ2n) is 3.83. The van der Waals surface area contributed by atoms with Crippen LogP contribution in [-0.4, -0.2) is 31.4 Å². The van der Waals surface area contributed by atoms with Crippen molar-refractivity contribution in [3.05, 3.63) is 41.6 Å². The Morgan fingerprint density at radius 3 is 2.57 bits per heavy atom. The van der Waals surface area contributed by atoms with Crippen molar-refractivity contribution >= 4 is 29.2 Å². The fourth-order valence-electron chi connectivity index (χ4n) is 1.38. The Morgan fingerprint density at radius 2 is 2.05 bits per heavy atom. The second-order valence-corrected chi connectivity index (χ2v) is 4.21. The number of amides is 1. The minimum absolute atomic E-state index is 0.0721. The van der Waals surface area contributed by atoms with Crippen LogP contribution in [0.2, 0.25) is 0 Å². The van der Waals surface area contributed by atoms with Gasteiger partial charge in [-0.3, -0.25) is 4.79 Å². The molecule has 21 heavy (non-hydrogen) atoms. The molecule has 0 aliphatic rings. The van der Waals surface area contributed by atoms with E-state index in [9.17, 15) is 9.59 Å². The molecule has 0 aromatic heterocycles. The van der Waals surface area contributed by atoms with Crippen molar-refractivity contribution in [3.63, 3.8) is 0 Å². The zero-order chi connectivity index (χ0) is 15.7. The first-order chi connectivity index (χ1) is 10.1. The standard InChI is InChI=1S/C14H14ClN3O3/c1-21-14(20)10-2-4-12(5-3-10)18-9-11(8-16)13(19)17-7-6-15/h2-5,9,18H,6-7H2,1H3,(H,17,19)/b11-9-. The van der Waals surface area contributed by atoms with Crippen molar-refractivity contribution in [2.45, 2.75) is 0 Å². The van der Waals surface area contributed by atoms with Gasteiger partial charge in [-0.1, -0.05) is 0 Å². The molecule has 1 aromatic rings. The van der Waals surface area contributed by atoms with E-state index in [0.717, 1.165) is 0 Å². The van der Waals surface area contributed by atoms with Gasteiger partial charge in [0.25, 0.3) is 5.91 Å². The molecule has 0 aliphatic carbocycles. The molecule has 0 saturated carbocycles. The molecule has 0 spiro atoms. The number of nitriles is 1. The number of hydrogen-bond acceptors (Lipinski definition) is 5. The molecule has 1 amide bonds. The van der Waals surface area contributed by atoms with Gasteiger partial charge in [0, 0.05) is 24.3 Å². The van der Waals surface area contributed by atoms with Crippen molar-refractivity contribution in [1.82, 2.24) is 5.32 Å². The van der Waals surface area contributed by atoms with Gasteiger partial charge in [0.15, 0.2) is 0 Å². The topological polar surface area (TPSA) is 91.2 Å². The molecule has 0 saturated heterocycles. The second kappa shape index (κ2) is 8.61. The molecular weight excluding hydrogens is 294 g/mol. The molecule has 1 aromatic carbocycles. The number of esters is 1. The molecule has 7 heteroatoms. The van der Waals surface area contributed by atoms with E-state index in [1.54, 1.807) is 30.3 Å². The summed E-state index contributed by atoms with van der Waals surface area (Å²) in [7, 11) is 1.30. The molecule has 0 radical (unpaired) electrons.